The van der Waals surface area contributed by atoms with Gasteiger partial charge in [0.15, 0.2) is 0 Å². The third-order valence-corrected chi connectivity index (χ3v) is 6.32. The van der Waals surface area contributed by atoms with E-state index in [1.165, 1.54) is 30.4 Å². The van der Waals surface area contributed by atoms with Crippen LogP contribution < -0.4 is 10.2 Å². The fourth-order valence-electron chi connectivity index (χ4n) is 3.94. The summed E-state index contributed by atoms with van der Waals surface area (Å²) in [6, 6.07) is 18.7. The molecule has 1 N–H and O–H groups in total. The number of anilines is 2. The van der Waals surface area contributed by atoms with Crippen molar-refractivity contribution in [2.75, 3.05) is 29.9 Å². The first-order valence-corrected chi connectivity index (χ1v) is 11.7. The Morgan fingerprint density at radius 3 is 2.57 bits per heavy atom. The molecule has 1 fully saturated rings. The highest BCUT2D eigenvalue weighted by Gasteiger charge is 2.16. The Labute approximate surface area is 191 Å². The van der Waals surface area contributed by atoms with Gasteiger partial charge in [0.1, 0.15) is 18.0 Å². The van der Waals surface area contributed by atoms with Crippen molar-refractivity contribution in [1.29, 1.82) is 0 Å². The van der Waals surface area contributed by atoms with Crippen molar-refractivity contribution in [3.8, 4) is 0 Å². The molecule has 6 heteroatoms. The minimum atomic E-state index is 0.303. The second-order valence-corrected chi connectivity index (χ2v) is 9.12. The first-order valence-electron chi connectivity index (χ1n) is 10.5. The summed E-state index contributed by atoms with van der Waals surface area (Å²) in [5.41, 5.74) is 2.56. The van der Waals surface area contributed by atoms with Crippen LogP contribution in [-0.4, -0.2) is 29.6 Å². The van der Waals surface area contributed by atoms with E-state index in [0.717, 1.165) is 47.2 Å². The van der Waals surface area contributed by atoms with E-state index in [1.54, 1.807) is 6.33 Å². The number of halogens is 2. The summed E-state index contributed by atoms with van der Waals surface area (Å²) in [6.45, 7) is 2.94. The first-order chi connectivity index (χ1) is 14.7. The highest BCUT2D eigenvalue weighted by molar-refractivity contribution is 9.10. The number of benzene rings is 2. The maximum Gasteiger partial charge on any atom is 0.134 e. The molecule has 4 nitrogen and oxygen atoms in total. The lowest BCUT2D eigenvalue weighted by Gasteiger charge is -2.27. The number of aromatic nitrogens is 2. The molecular formula is C24H26BrClN4. The van der Waals surface area contributed by atoms with Crippen LogP contribution in [0.3, 0.4) is 0 Å². The Hall–Kier alpha value is -2.11. The number of rotatable bonds is 7. The van der Waals surface area contributed by atoms with Crippen molar-refractivity contribution in [2.45, 2.75) is 31.6 Å². The molecule has 0 amide bonds. The van der Waals surface area contributed by atoms with E-state index in [4.69, 9.17) is 11.6 Å². The topological polar surface area (TPSA) is 41.0 Å². The van der Waals surface area contributed by atoms with Crippen LogP contribution in [0.15, 0.2) is 65.4 Å². The fraction of sp³-hybridized carbons (Fsp3) is 0.333. The SMILES string of the molecule is Clc1ccc(C[C@H](CNc2cc(N3CCCCC3)ncn2)c2cccc(Br)c2)cc1. The van der Waals surface area contributed by atoms with Crippen LogP contribution in [0.5, 0.6) is 0 Å². The predicted octanol–water partition coefficient (Wildman–Crippen LogP) is 6.32. The zero-order chi connectivity index (χ0) is 20.8. The van der Waals surface area contributed by atoms with Crippen LogP contribution in [-0.2, 0) is 6.42 Å². The molecule has 30 heavy (non-hydrogen) atoms. The van der Waals surface area contributed by atoms with Crippen molar-refractivity contribution in [3.05, 3.63) is 81.5 Å². The van der Waals surface area contributed by atoms with Gasteiger partial charge >= 0.3 is 0 Å². The van der Waals surface area contributed by atoms with Gasteiger partial charge in [0.05, 0.1) is 0 Å². The predicted molar refractivity (Wildman–Crippen MR) is 129 cm³/mol. The van der Waals surface area contributed by atoms with Crippen LogP contribution in [0.2, 0.25) is 5.02 Å². The normalized spacial score (nSPS) is 15.1. The van der Waals surface area contributed by atoms with E-state index in [-0.39, 0.29) is 0 Å². The second-order valence-electron chi connectivity index (χ2n) is 7.77. The fourth-order valence-corrected chi connectivity index (χ4v) is 4.48. The highest BCUT2D eigenvalue weighted by Crippen LogP contribution is 2.26. The summed E-state index contributed by atoms with van der Waals surface area (Å²) < 4.78 is 1.09. The van der Waals surface area contributed by atoms with Crippen molar-refractivity contribution in [2.24, 2.45) is 0 Å². The van der Waals surface area contributed by atoms with Crippen LogP contribution in [0, 0.1) is 0 Å². The first kappa shape index (κ1) is 21.1. The monoisotopic (exact) mass is 484 g/mol. The molecule has 1 aliphatic heterocycles. The third-order valence-electron chi connectivity index (χ3n) is 5.58. The second kappa shape index (κ2) is 10.3. The Bertz CT molecular complexity index is 957. The number of hydrogen-bond acceptors (Lipinski definition) is 4. The molecule has 0 saturated carbocycles. The van der Waals surface area contributed by atoms with Crippen molar-refractivity contribution < 1.29 is 0 Å². The highest BCUT2D eigenvalue weighted by atomic mass is 79.9. The Kier molecular flexibility index (Phi) is 7.24. The maximum atomic E-state index is 6.07. The molecule has 1 aliphatic rings. The molecule has 0 bridgehead atoms. The van der Waals surface area contributed by atoms with Crippen molar-refractivity contribution in [3.63, 3.8) is 0 Å². The minimum absolute atomic E-state index is 0.303. The molecule has 1 saturated heterocycles. The lowest BCUT2D eigenvalue weighted by Crippen LogP contribution is -2.30. The molecule has 0 unspecified atom stereocenters. The molecule has 1 atom stereocenters. The van der Waals surface area contributed by atoms with E-state index >= 15 is 0 Å². The van der Waals surface area contributed by atoms with Crippen LogP contribution in [0.1, 0.15) is 36.3 Å². The van der Waals surface area contributed by atoms with Gasteiger partial charge in [-0.05, 0) is 61.1 Å². The summed E-state index contributed by atoms with van der Waals surface area (Å²) in [6.07, 6.45) is 6.37. The average molecular weight is 486 g/mol. The molecule has 0 radical (unpaired) electrons. The number of piperidine rings is 1. The summed E-state index contributed by atoms with van der Waals surface area (Å²) in [4.78, 5) is 11.3. The molecule has 0 aliphatic carbocycles. The van der Waals surface area contributed by atoms with Gasteiger partial charge in [-0.25, -0.2) is 9.97 Å². The Morgan fingerprint density at radius 1 is 1.00 bits per heavy atom. The zero-order valence-corrected chi connectivity index (χ0v) is 19.2. The molecule has 2 aromatic carbocycles. The van der Waals surface area contributed by atoms with Gasteiger partial charge < -0.3 is 10.2 Å². The largest absolute Gasteiger partial charge is 0.369 e. The Morgan fingerprint density at radius 2 is 1.80 bits per heavy atom. The van der Waals surface area contributed by atoms with Crippen LogP contribution in [0.4, 0.5) is 11.6 Å². The van der Waals surface area contributed by atoms with Gasteiger partial charge in [-0.3, -0.25) is 0 Å². The number of nitrogens with zero attached hydrogens (tertiary/aromatic N) is 3. The molecule has 4 rings (SSSR count). The molecule has 2 heterocycles. The van der Waals surface area contributed by atoms with Crippen molar-refractivity contribution in [1.82, 2.24) is 9.97 Å². The lowest BCUT2D eigenvalue weighted by atomic mass is 9.92. The van der Waals surface area contributed by atoms with Gasteiger partial charge in [-0.2, -0.15) is 0 Å². The smallest absolute Gasteiger partial charge is 0.134 e. The number of nitrogens with one attached hydrogen (secondary N) is 1. The van der Waals surface area contributed by atoms with Crippen LogP contribution in [0.25, 0.3) is 0 Å². The summed E-state index contributed by atoms with van der Waals surface area (Å²) in [5, 5.41) is 4.32. The quantitative estimate of drug-likeness (QED) is 0.425. The van der Waals surface area contributed by atoms with Gasteiger partial charge in [-0.15, -0.1) is 0 Å². The van der Waals surface area contributed by atoms with E-state index in [2.05, 4.69) is 78.6 Å². The lowest BCUT2D eigenvalue weighted by molar-refractivity contribution is 0.573. The summed E-state index contributed by atoms with van der Waals surface area (Å²) in [7, 11) is 0. The minimum Gasteiger partial charge on any atom is -0.369 e. The Balaban J connectivity index is 1.49. The average Bonchev–Trinajstić information content (AvgIpc) is 2.79. The van der Waals surface area contributed by atoms with E-state index < -0.39 is 0 Å². The van der Waals surface area contributed by atoms with Gasteiger partial charge in [0.2, 0.25) is 0 Å². The van der Waals surface area contributed by atoms with E-state index in [1.807, 2.05) is 12.1 Å². The number of hydrogen-bond donors (Lipinski definition) is 1. The summed E-state index contributed by atoms with van der Waals surface area (Å²) >= 11 is 9.68. The van der Waals surface area contributed by atoms with Gasteiger partial charge in [0, 0.05) is 41.1 Å². The molecule has 156 valence electrons. The van der Waals surface area contributed by atoms with Gasteiger partial charge in [-0.1, -0.05) is 51.8 Å². The maximum absolute atomic E-state index is 6.07. The van der Waals surface area contributed by atoms with Crippen LogP contribution >= 0.6 is 27.5 Å². The molecule has 0 spiro atoms. The molecule has 1 aromatic heterocycles. The summed E-state index contributed by atoms with van der Waals surface area (Å²) in [5.74, 6) is 2.20. The zero-order valence-electron chi connectivity index (χ0n) is 16.9. The van der Waals surface area contributed by atoms with Gasteiger partial charge in [0.25, 0.3) is 0 Å². The van der Waals surface area contributed by atoms with Crippen molar-refractivity contribution >= 4 is 39.2 Å². The molecular weight excluding hydrogens is 460 g/mol. The van der Waals surface area contributed by atoms with E-state index in [9.17, 15) is 0 Å². The third kappa shape index (κ3) is 5.73. The molecule has 3 aromatic rings. The van der Waals surface area contributed by atoms with E-state index in [0.29, 0.717) is 5.92 Å². The standard InChI is InChI=1S/C24H26BrClN4/c25-21-6-4-5-19(14-21)20(13-18-7-9-22(26)10-8-18)16-27-23-15-24(29-17-28-23)30-11-2-1-3-12-30/h4-10,14-15,17,20H,1-3,11-13,16H2,(H,27,28,29)/t20-/m1/s1.